The lowest BCUT2D eigenvalue weighted by molar-refractivity contribution is 0.0105. The van der Waals surface area contributed by atoms with Crippen molar-refractivity contribution in [3.05, 3.63) is 0 Å². The Bertz CT molecular complexity index is 165. The Morgan fingerprint density at radius 3 is 2.40 bits per heavy atom. The van der Waals surface area contributed by atoms with Crippen molar-refractivity contribution in [2.24, 2.45) is 5.92 Å². The fourth-order valence-corrected chi connectivity index (χ4v) is 2.21. The van der Waals surface area contributed by atoms with Crippen LogP contribution in [0.2, 0.25) is 0 Å². The molecule has 0 aliphatic heterocycles. The molecule has 3 heteroatoms. The van der Waals surface area contributed by atoms with Crippen LogP contribution in [0.1, 0.15) is 39.5 Å². The molecule has 0 saturated heterocycles. The van der Waals surface area contributed by atoms with Crippen molar-refractivity contribution >= 4 is 0 Å². The van der Waals surface area contributed by atoms with Crippen LogP contribution in [0, 0.1) is 5.92 Å². The lowest BCUT2D eigenvalue weighted by Gasteiger charge is -2.36. The minimum atomic E-state index is -0.193. The molecular formula is C12H25NO2. The molecule has 0 heterocycles. The van der Waals surface area contributed by atoms with Crippen molar-refractivity contribution in [2.45, 2.75) is 57.8 Å². The topological polar surface area (TPSA) is 41.5 Å². The summed E-state index contributed by atoms with van der Waals surface area (Å²) in [5, 5.41) is 13.3. The molecule has 1 unspecified atom stereocenters. The molecule has 0 aromatic carbocycles. The summed E-state index contributed by atoms with van der Waals surface area (Å²) in [5.41, 5.74) is 0. The molecule has 0 spiro atoms. The number of nitrogens with one attached hydrogen (secondary N) is 1. The van der Waals surface area contributed by atoms with Crippen LogP contribution in [0.15, 0.2) is 0 Å². The Hall–Kier alpha value is -0.120. The van der Waals surface area contributed by atoms with Crippen LogP contribution in [0.3, 0.4) is 0 Å². The zero-order chi connectivity index (χ0) is 11.3. The Morgan fingerprint density at radius 2 is 1.93 bits per heavy atom. The van der Waals surface area contributed by atoms with Crippen molar-refractivity contribution in [2.75, 3.05) is 13.7 Å². The molecule has 0 bridgehead atoms. The number of hydrogen-bond acceptors (Lipinski definition) is 3. The van der Waals surface area contributed by atoms with Gasteiger partial charge in [-0.3, -0.25) is 0 Å². The molecule has 1 fully saturated rings. The average molecular weight is 215 g/mol. The molecule has 15 heavy (non-hydrogen) atoms. The fraction of sp³-hybridized carbons (Fsp3) is 1.00. The predicted octanol–water partition coefficient (Wildman–Crippen LogP) is 1.55. The van der Waals surface area contributed by atoms with Gasteiger partial charge in [0, 0.05) is 19.7 Å². The maximum absolute atomic E-state index is 9.91. The summed E-state index contributed by atoms with van der Waals surface area (Å²) in [5.74, 6) is 0.441. The first-order chi connectivity index (χ1) is 7.21. The SMILES string of the molecule is CCC(CC)C(O)CNC1CC(OC)C1. The highest BCUT2D eigenvalue weighted by molar-refractivity contribution is 4.86. The first kappa shape index (κ1) is 12.9. The zero-order valence-corrected chi connectivity index (χ0v) is 10.2. The van der Waals surface area contributed by atoms with Crippen LogP contribution in [-0.2, 0) is 4.74 Å². The van der Waals surface area contributed by atoms with Crippen molar-refractivity contribution in [1.29, 1.82) is 0 Å². The highest BCUT2D eigenvalue weighted by atomic mass is 16.5. The van der Waals surface area contributed by atoms with Crippen molar-refractivity contribution in [3.8, 4) is 0 Å². The van der Waals surface area contributed by atoms with Gasteiger partial charge in [0.25, 0.3) is 0 Å². The quantitative estimate of drug-likeness (QED) is 0.677. The number of hydrogen-bond donors (Lipinski definition) is 2. The lowest BCUT2D eigenvalue weighted by Crippen LogP contribution is -2.48. The molecule has 1 aliphatic rings. The van der Waals surface area contributed by atoms with Gasteiger partial charge in [0.15, 0.2) is 0 Å². The van der Waals surface area contributed by atoms with E-state index in [1.54, 1.807) is 7.11 Å². The van der Waals surface area contributed by atoms with Crippen molar-refractivity contribution in [3.63, 3.8) is 0 Å². The van der Waals surface area contributed by atoms with E-state index in [9.17, 15) is 5.11 Å². The predicted molar refractivity (Wildman–Crippen MR) is 61.9 cm³/mol. The van der Waals surface area contributed by atoms with Crippen molar-refractivity contribution in [1.82, 2.24) is 5.32 Å². The van der Waals surface area contributed by atoms with E-state index in [0.717, 1.165) is 32.2 Å². The Kier molecular flexibility index (Phi) is 5.58. The first-order valence-electron chi connectivity index (χ1n) is 6.15. The highest BCUT2D eigenvalue weighted by Gasteiger charge is 2.29. The van der Waals surface area contributed by atoms with Crippen LogP contribution < -0.4 is 5.32 Å². The van der Waals surface area contributed by atoms with E-state index in [0.29, 0.717) is 18.1 Å². The average Bonchev–Trinajstić information content (AvgIpc) is 2.17. The number of aliphatic hydroxyl groups is 1. The number of rotatable bonds is 7. The summed E-state index contributed by atoms with van der Waals surface area (Å²) in [4.78, 5) is 0. The van der Waals surface area contributed by atoms with Crippen LogP contribution in [-0.4, -0.2) is 37.0 Å². The van der Waals surface area contributed by atoms with E-state index in [2.05, 4.69) is 19.2 Å². The molecule has 90 valence electrons. The largest absolute Gasteiger partial charge is 0.392 e. The van der Waals surface area contributed by atoms with E-state index >= 15 is 0 Å². The summed E-state index contributed by atoms with van der Waals surface area (Å²) < 4.78 is 5.21. The van der Waals surface area contributed by atoms with Crippen LogP contribution in [0.25, 0.3) is 0 Å². The van der Waals surface area contributed by atoms with E-state index in [4.69, 9.17) is 4.74 Å². The molecule has 0 amide bonds. The van der Waals surface area contributed by atoms with E-state index < -0.39 is 0 Å². The summed E-state index contributed by atoms with van der Waals surface area (Å²) in [7, 11) is 1.76. The number of aliphatic hydroxyl groups excluding tert-OH is 1. The maximum atomic E-state index is 9.91. The minimum absolute atomic E-state index is 0.193. The normalized spacial score (nSPS) is 27.8. The number of methoxy groups -OCH3 is 1. The van der Waals surface area contributed by atoms with Gasteiger partial charge in [-0.05, 0) is 18.8 Å². The summed E-state index contributed by atoms with van der Waals surface area (Å²) in [6.45, 7) is 5.01. The summed E-state index contributed by atoms with van der Waals surface area (Å²) >= 11 is 0. The van der Waals surface area contributed by atoms with Gasteiger partial charge in [-0.15, -0.1) is 0 Å². The molecule has 0 aromatic heterocycles. The zero-order valence-electron chi connectivity index (χ0n) is 10.2. The van der Waals surface area contributed by atoms with E-state index in [-0.39, 0.29) is 6.10 Å². The molecule has 1 saturated carbocycles. The van der Waals surface area contributed by atoms with E-state index in [1.807, 2.05) is 0 Å². The van der Waals surface area contributed by atoms with Gasteiger partial charge in [-0.2, -0.15) is 0 Å². The molecule has 1 aliphatic carbocycles. The second kappa shape index (κ2) is 6.46. The maximum Gasteiger partial charge on any atom is 0.0692 e. The first-order valence-corrected chi connectivity index (χ1v) is 6.15. The molecule has 1 atom stereocenters. The summed E-state index contributed by atoms with van der Waals surface area (Å²) in [6.07, 6.45) is 4.54. The third-order valence-electron chi connectivity index (χ3n) is 3.64. The van der Waals surface area contributed by atoms with Gasteiger partial charge >= 0.3 is 0 Å². The lowest BCUT2D eigenvalue weighted by atomic mass is 9.88. The standard InChI is InChI=1S/C12H25NO2/c1-4-9(5-2)12(14)8-13-10-6-11(7-10)15-3/h9-14H,4-8H2,1-3H3. The highest BCUT2D eigenvalue weighted by Crippen LogP contribution is 2.22. The molecular weight excluding hydrogens is 190 g/mol. The van der Waals surface area contributed by atoms with Gasteiger partial charge in [0.05, 0.1) is 12.2 Å². The minimum Gasteiger partial charge on any atom is -0.392 e. The van der Waals surface area contributed by atoms with Gasteiger partial charge in [-0.25, -0.2) is 0 Å². The Labute approximate surface area is 93.2 Å². The van der Waals surface area contributed by atoms with Gasteiger partial charge in [-0.1, -0.05) is 26.7 Å². The van der Waals surface area contributed by atoms with Crippen LogP contribution in [0.4, 0.5) is 0 Å². The summed E-state index contributed by atoms with van der Waals surface area (Å²) in [6, 6.07) is 0.555. The van der Waals surface area contributed by atoms with Gasteiger partial charge in [0.1, 0.15) is 0 Å². The second-order valence-corrected chi connectivity index (χ2v) is 4.58. The smallest absolute Gasteiger partial charge is 0.0692 e. The van der Waals surface area contributed by atoms with Crippen molar-refractivity contribution < 1.29 is 9.84 Å². The van der Waals surface area contributed by atoms with Crippen LogP contribution >= 0.6 is 0 Å². The molecule has 1 rings (SSSR count). The Morgan fingerprint density at radius 1 is 1.33 bits per heavy atom. The fourth-order valence-electron chi connectivity index (χ4n) is 2.21. The molecule has 0 radical (unpaired) electrons. The Balaban J connectivity index is 2.09. The van der Waals surface area contributed by atoms with E-state index in [1.165, 1.54) is 0 Å². The van der Waals surface area contributed by atoms with Crippen LogP contribution in [0.5, 0.6) is 0 Å². The third kappa shape index (κ3) is 3.74. The molecule has 2 N–H and O–H groups in total. The third-order valence-corrected chi connectivity index (χ3v) is 3.64. The number of ether oxygens (including phenoxy) is 1. The monoisotopic (exact) mass is 215 g/mol. The molecule has 0 aromatic rings. The second-order valence-electron chi connectivity index (χ2n) is 4.58. The van der Waals surface area contributed by atoms with Gasteiger partial charge < -0.3 is 15.2 Å². The molecule has 3 nitrogen and oxygen atoms in total. The van der Waals surface area contributed by atoms with Gasteiger partial charge in [0.2, 0.25) is 0 Å².